The summed E-state index contributed by atoms with van der Waals surface area (Å²) < 4.78 is 0. The highest BCUT2D eigenvalue weighted by molar-refractivity contribution is 5.82. The van der Waals surface area contributed by atoms with E-state index in [2.05, 4.69) is 77.6 Å². The molecule has 0 N–H and O–H groups in total. The van der Waals surface area contributed by atoms with Crippen LogP contribution in [0.2, 0.25) is 0 Å². The van der Waals surface area contributed by atoms with Crippen molar-refractivity contribution in [2.45, 2.75) is 87.9 Å². The van der Waals surface area contributed by atoms with E-state index in [1.54, 1.807) is 11.1 Å². The van der Waals surface area contributed by atoms with Crippen LogP contribution >= 0.6 is 0 Å². The van der Waals surface area contributed by atoms with E-state index in [-0.39, 0.29) is 0 Å². The maximum Gasteiger partial charge on any atom is 0.187 e. The van der Waals surface area contributed by atoms with Crippen molar-refractivity contribution in [3.8, 4) is 45.3 Å². The zero-order valence-electron chi connectivity index (χ0n) is 30.0. The van der Waals surface area contributed by atoms with Gasteiger partial charge >= 0.3 is 0 Å². The van der Waals surface area contributed by atoms with Gasteiger partial charge in [-0.2, -0.15) is 0 Å². The quantitative estimate of drug-likeness (QED) is 0.168. The molecule has 1 heterocycles. The lowest BCUT2D eigenvalue weighted by Gasteiger charge is -2.58. The molecule has 8 bridgehead atoms. The van der Waals surface area contributed by atoms with Gasteiger partial charge in [-0.25, -0.2) is 19.8 Å². The molecule has 0 spiro atoms. The molecule has 0 aliphatic heterocycles. The lowest BCUT2D eigenvalue weighted by molar-refractivity contribution is -0.00832. The Bertz CT molecular complexity index is 2090. The largest absolute Gasteiger partial charge is 0.238 e. The van der Waals surface area contributed by atoms with E-state index in [9.17, 15) is 0 Å². The Labute approximate surface area is 308 Å². The Morgan fingerprint density at radius 3 is 1.38 bits per heavy atom. The summed E-state index contributed by atoms with van der Waals surface area (Å²) >= 11 is 0. The number of hydrogen-bond acceptors (Lipinski definition) is 3. The van der Waals surface area contributed by atoms with Gasteiger partial charge in [-0.1, -0.05) is 84.9 Å². The van der Waals surface area contributed by atoms with E-state index < -0.39 is 0 Å². The van der Waals surface area contributed by atoms with E-state index in [4.69, 9.17) is 21.5 Å². The summed E-state index contributed by atoms with van der Waals surface area (Å²) in [5.41, 5.74) is 9.71. The van der Waals surface area contributed by atoms with Gasteiger partial charge in [-0.3, -0.25) is 0 Å². The fraction of sp³-hybridized carbons (Fsp3) is 0.417. The molecule has 4 aromatic carbocycles. The molecule has 52 heavy (non-hydrogen) atoms. The Morgan fingerprint density at radius 2 is 0.885 bits per heavy atom. The molecular weight excluding hydrogens is 633 g/mol. The number of aromatic nitrogens is 3. The average Bonchev–Trinajstić information content (AvgIpc) is 3.17. The molecule has 5 aromatic rings. The minimum Gasteiger partial charge on any atom is -0.238 e. The van der Waals surface area contributed by atoms with Crippen LogP contribution in [0.1, 0.15) is 88.2 Å². The third kappa shape index (κ3) is 5.10. The van der Waals surface area contributed by atoms with Crippen molar-refractivity contribution in [3.05, 3.63) is 120 Å². The zero-order valence-corrected chi connectivity index (χ0v) is 30.0. The SMILES string of the molecule is [C-]#[N+]c1ccc(-c2ccccc2-c2nc(-c3ccccc3)nc(-c3cc(C45CC6CC(CC(C6)C4)C5)cc(C45CC6CC(CC(C6)C4)C5)c3)n2)cc1. The summed E-state index contributed by atoms with van der Waals surface area (Å²) in [6.45, 7) is 7.46. The van der Waals surface area contributed by atoms with Gasteiger partial charge in [0.05, 0.1) is 6.57 Å². The summed E-state index contributed by atoms with van der Waals surface area (Å²) in [5.74, 6) is 7.58. The van der Waals surface area contributed by atoms with Gasteiger partial charge in [0.15, 0.2) is 23.2 Å². The normalized spacial score (nSPS) is 32.2. The summed E-state index contributed by atoms with van der Waals surface area (Å²) in [4.78, 5) is 19.6. The summed E-state index contributed by atoms with van der Waals surface area (Å²) in [6, 6.07) is 34.6. The second-order valence-electron chi connectivity index (χ2n) is 18.1. The average molecular weight is 679 g/mol. The molecule has 13 rings (SSSR count). The first kappa shape index (κ1) is 31.0. The number of rotatable bonds is 6. The molecule has 8 fully saturated rings. The van der Waals surface area contributed by atoms with Crippen LogP contribution in [0, 0.1) is 42.1 Å². The second kappa shape index (κ2) is 11.7. The first-order valence-corrected chi connectivity index (χ1v) is 20.1. The Kier molecular flexibility index (Phi) is 6.96. The molecule has 1 aromatic heterocycles. The summed E-state index contributed by atoms with van der Waals surface area (Å²) in [5, 5.41) is 0. The predicted octanol–water partition coefficient (Wildman–Crippen LogP) is 12.0. The van der Waals surface area contributed by atoms with Crippen LogP contribution in [0.3, 0.4) is 0 Å². The molecular formula is C48H46N4. The van der Waals surface area contributed by atoms with Gasteiger partial charge in [0.25, 0.3) is 0 Å². The molecule has 0 atom stereocenters. The van der Waals surface area contributed by atoms with Crippen LogP contribution in [-0.4, -0.2) is 15.0 Å². The highest BCUT2D eigenvalue weighted by Crippen LogP contribution is 2.64. The minimum atomic E-state index is 0.296. The van der Waals surface area contributed by atoms with Gasteiger partial charge in [-0.15, -0.1) is 0 Å². The molecule has 0 unspecified atom stereocenters. The van der Waals surface area contributed by atoms with Crippen LogP contribution in [0.25, 0.3) is 50.1 Å². The van der Waals surface area contributed by atoms with Gasteiger partial charge in [0, 0.05) is 16.7 Å². The Balaban J connectivity index is 1.11. The van der Waals surface area contributed by atoms with Crippen molar-refractivity contribution >= 4 is 5.69 Å². The molecule has 8 aliphatic carbocycles. The topological polar surface area (TPSA) is 43.0 Å². The highest BCUT2D eigenvalue weighted by Gasteiger charge is 2.54. The lowest BCUT2D eigenvalue weighted by Crippen LogP contribution is -2.50. The number of nitrogens with zero attached hydrogens (tertiary/aromatic N) is 4. The van der Waals surface area contributed by atoms with Crippen molar-refractivity contribution in [3.63, 3.8) is 0 Å². The molecule has 0 amide bonds. The maximum absolute atomic E-state index is 7.46. The fourth-order valence-electron chi connectivity index (χ4n) is 13.3. The van der Waals surface area contributed by atoms with E-state index in [1.807, 2.05) is 24.3 Å². The van der Waals surface area contributed by atoms with Crippen molar-refractivity contribution in [2.75, 3.05) is 0 Å². The highest BCUT2D eigenvalue weighted by atomic mass is 15.0. The monoisotopic (exact) mass is 678 g/mol. The van der Waals surface area contributed by atoms with Crippen molar-refractivity contribution < 1.29 is 0 Å². The molecule has 4 heteroatoms. The maximum atomic E-state index is 7.46. The van der Waals surface area contributed by atoms with Gasteiger partial charge in [-0.05, 0) is 158 Å². The van der Waals surface area contributed by atoms with E-state index in [0.29, 0.717) is 22.3 Å². The minimum absolute atomic E-state index is 0.296. The van der Waals surface area contributed by atoms with Crippen molar-refractivity contribution in [1.29, 1.82) is 0 Å². The van der Waals surface area contributed by atoms with Gasteiger partial charge in [0.2, 0.25) is 0 Å². The third-order valence-electron chi connectivity index (χ3n) is 14.6. The fourth-order valence-corrected chi connectivity index (χ4v) is 13.3. The number of benzene rings is 4. The van der Waals surface area contributed by atoms with E-state index in [0.717, 1.165) is 69.4 Å². The molecule has 4 nitrogen and oxygen atoms in total. The van der Waals surface area contributed by atoms with Crippen LogP contribution < -0.4 is 0 Å². The van der Waals surface area contributed by atoms with E-state index >= 15 is 0 Å². The van der Waals surface area contributed by atoms with Crippen LogP contribution in [0.5, 0.6) is 0 Å². The van der Waals surface area contributed by atoms with Crippen LogP contribution in [-0.2, 0) is 10.8 Å². The van der Waals surface area contributed by atoms with Crippen molar-refractivity contribution in [2.24, 2.45) is 35.5 Å². The standard InChI is InChI=1S/C48H46N4/c1-49-41-13-11-36(12-14-41)42-9-5-6-10-43(42)46-51-44(37-7-3-2-4-8-37)50-45(52-46)38-21-39(47-24-30-15-31(25-47)17-32(16-30)26-47)23-40(22-38)48-27-33-18-34(28-48)20-35(19-33)29-48/h2-14,21-23,30-35H,15-20,24-29H2. The molecule has 8 saturated carbocycles. The summed E-state index contributed by atoms with van der Waals surface area (Å²) in [6.07, 6.45) is 16.9. The van der Waals surface area contributed by atoms with E-state index in [1.165, 1.54) is 82.6 Å². The molecule has 258 valence electrons. The molecule has 0 saturated heterocycles. The lowest BCUT2D eigenvalue weighted by atomic mass is 9.46. The van der Waals surface area contributed by atoms with Crippen molar-refractivity contribution in [1.82, 2.24) is 15.0 Å². The first-order valence-electron chi connectivity index (χ1n) is 20.1. The predicted molar refractivity (Wildman–Crippen MR) is 208 cm³/mol. The van der Waals surface area contributed by atoms with Gasteiger partial charge in [0.1, 0.15) is 0 Å². The first-order chi connectivity index (χ1) is 25.5. The second-order valence-corrected chi connectivity index (χ2v) is 18.1. The Hall–Kier alpha value is -4.62. The van der Waals surface area contributed by atoms with Crippen LogP contribution in [0.15, 0.2) is 97.1 Å². The zero-order chi connectivity index (χ0) is 34.4. The van der Waals surface area contributed by atoms with Crippen LogP contribution in [0.4, 0.5) is 5.69 Å². The van der Waals surface area contributed by atoms with Gasteiger partial charge < -0.3 is 0 Å². The molecule has 8 aliphatic rings. The Morgan fingerprint density at radius 1 is 0.442 bits per heavy atom. The summed E-state index contributed by atoms with van der Waals surface area (Å²) in [7, 11) is 0. The smallest absolute Gasteiger partial charge is 0.187 e. The number of hydrogen-bond donors (Lipinski definition) is 0. The molecule has 0 radical (unpaired) electrons. The third-order valence-corrected chi connectivity index (χ3v) is 14.6.